The van der Waals surface area contributed by atoms with Crippen molar-refractivity contribution in [2.75, 3.05) is 5.32 Å². The number of aromatic nitrogens is 1. The van der Waals surface area contributed by atoms with Gasteiger partial charge in [-0.15, -0.1) is 0 Å². The predicted octanol–water partition coefficient (Wildman–Crippen LogP) is 4.98. The van der Waals surface area contributed by atoms with Gasteiger partial charge in [-0.05, 0) is 50.7 Å². The number of rotatable bonds is 12. The summed E-state index contributed by atoms with van der Waals surface area (Å²) >= 11 is 6.45. The van der Waals surface area contributed by atoms with E-state index in [2.05, 4.69) is 10.6 Å². The number of nitrogens with zero attached hydrogens (tertiary/aromatic N) is 1. The molecule has 1 aliphatic rings. The summed E-state index contributed by atoms with van der Waals surface area (Å²) in [5.74, 6) is -5.53. The third-order valence-corrected chi connectivity index (χ3v) is 6.85. The van der Waals surface area contributed by atoms with Crippen LogP contribution in [0.3, 0.4) is 0 Å². The SMILES string of the molecule is CCCC(CC[C@@H](C)NC(=O)C(=O)c1c(Cl)c(C(=O)Nc2ccc(F)c(F)c2)c2n1CCC2)CC(=O)O. The van der Waals surface area contributed by atoms with Crippen LogP contribution in [0.4, 0.5) is 14.5 Å². The van der Waals surface area contributed by atoms with E-state index in [1.54, 1.807) is 11.5 Å². The summed E-state index contributed by atoms with van der Waals surface area (Å²) in [5, 5.41) is 14.0. The van der Waals surface area contributed by atoms with Crippen molar-refractivity contribution in [1.29, 1.82) is 0 Å². The summed E-state index contributed by atoms with van der Waals surface area (Å²) in [7, 11) is 0. The Bertz CT molecular complexity index is 1210. The summed E-state index contributed by atoms with van der Waals surface area (Å²) in [6.07, 6.45) is 3.83. The molecule has 11 heteroatoms. The molecule has 0 radical (unpaired) electrons. The van der Waals surface area contributed by atoms with E-state index in [1.165, 1.54) is 6.07 Å². The Labute approximate surface area is 218 Å². The number of Topliss-reactive ketones (excluding diaryl/α,β-unsaturated/α-hetero) is 1. The molecule has 1 unspecified atom stereocenters. The van der Waals surface area contributed by atoms with Crippen LogP contribution >= 0.6 is 11.6 Å². The molecule has 2 aromatic rings. The fraction of sp³-hybridized carbons (Fsp3) is 0.462. The van der Waals surface area contributed by atoms with Crippen LogP contribution in [0.25, 0.3) is 0 Å². The maximum atomic E-state index is 13.6. The lowest BCUT2D eigenvalue weighted by Gasteiger charge is -2.18. The number of carboxylic acid groups (broad SMARTS) is 1. The number of fused-ring (bicyclic) bond motifs is 1. The van der Waals surface area contributed by atoms with Crippen molar-refractivity contribution < 1.29 is 33.1 Å². The minimum Gasteiger partial charge on any atom is -0.481 e. The Morgan fingerprint density at radius 1 is 1.14 bits per heavy atom. The van der Waals surface area contributed by atoms with Gasteiger partial charge in [-0.1, -0.05) is 31.4 Å². The first-order valence-electron chi connectivity index (χ1n) is 12.3. The minimum atomic E-state index is -1.13. The van der Waals surface area contributed by atoms with Crippen LogP contribution in [0.1, 0.15) is 78.9 Å². The first-order valence-corrected chi connectivity index (χ1v) is 12.6. The summed E-state index contributed by atoms with van der Waals surface area (Å²) in [6, 6.07) is 2.53. The molecule has 3 rings (SSSR count). The number of carbonyl (C=O) groups excluding carboxylic acids is 3. The third-order valence-electron chi connectivity index (χ3n) is 6.48. The first-order chi connectivity index (χ1) is 17.5. The van der Waals surface area contributed by atoms with Gasteiger partial charge in [-0.2, -0.15) is 0 Å². The molecule has 1 aliphatic heterocycles. The number of carboxylic acids is 1. The molecule has 0 bridgehead atoms. The molecule has 0 aliphatic carbocycles. The average molecular weight is 538 g/mol. The van der Waals surface area contributed by atoms with Gasteiger partial charge < -0.3 is 20.3 Å². The van der Waals surface area contributed by atoms with Gasteiger partial charge in [0.1, 0.15) is 5.69 Å². The molecule has 2 heterocycles. The van der Waals surface area contributed by atoms with Crippen LogP contribution in [-0.4, -0.2) is 39.3 Å². The summed E-state index contributed by atoms with van der Waals surface area (Å²) in [4.78, 5) is 49.9. The van der Waals surface area contributed by atoms with Crippen molar-refractivity contribution in [2.45, 2.75) is 71.4 Å². The molecule has 0 spiro atoms. The van der Waals surface area contributed by atoms with E-state index in [0.717, 1.165) is 25.0 Å². The Morgan fingerprint density at radius 3 is 2.51 bits per heavy atom. The number of hydrogen-bond acceptors (Lipinski definition) is 4. The van der Waals surface area contributed by atoms with Crippen molar-refractivity contribution in [1.82, 2.24) is 9.88 Å². The van der Waals surface area contributed by atoms with E-state index in [1.807, 2.05) is 6.92 Å². The lowest BCUT2D eigenvalue weighted by molar-refractivity contribution is -0.138. The Morgan fingerprint density at radius 2 is 1.86 bits per heavy atom. The number of ketones is 1. The molecule has 1 aromatic carbocycles. The molecule has 37 heavy (non-hydrogen) atoms. The number of aliphatic carboxylic acids is 1. The lowest BCUT2D eigenvalue weighted by Crippen LogP contribution is -2.38. The predicted molar refractivity (Wildman–Crippen MR) is 134 cm³/mol. The largest absolute Gasteiger partial charge is 0.481 e. The second kappa shape index (κ2) is 12.3. The van der Waals surface area contributed by atoms with Crippen LogP contribution in [0.15, 0.2) is 18.2 Å². The number of carbonyl (C=O) groups is 4. The maximum Gasteiger partial charge on any atom is 0.303 e. The van der Waals surface area contributed by atoms with E-state index in [-0.39, 0.29) is 40.3 Å². The van der Waals surface area contributed by atoms with Crippen LogP contribution in [-0.2, 0) is 22.6 Å². The van der Waals surface area contributed by atoms with Crippen LogP contribution in [0.2, 0.25) is 5.02 Å². The lowest BCUT2D eigenvalue weighted by atomic mass is 9.93. The molecule has 2 amide bonds. The van der Waals surface area contributed by atoms with E-state index in [0.29, 0.717) is 37.9 Å². The quantitative estimate of drug-likeness (QED) is 0.261. The fourth-order valence-corrected chi connectivity index (χ4v) is 5.11. The van der Waals surface area contributed by atoms with Gasteiger partial charge in [0.25, 0.3) is 17.6 Å². The van der Waals surface area contributed by atoms with Crippen LogP contribution < -0.4 is 10.6 Å². The maximum absolute atomic E-state index is 13.6. The number of amides is 2. The van der Waals surface area contributed by atoms with E-state index >= 15 is 0 Å². The van der Waals surface area contributed by atoms with Gasteiger partial charge in [0.05, 0.1) is 10.6 Å². The monoisotopic (exact) mass is 537 g/mol. The molecule has 3 N–H and O–H groups in total. The van der Waals surface area contributed by atoms with Crippen LogP contribution in [0, 0.1) is 17.6 Å². The summed E-state index contributed by atoms with van der Waals surface area (Å²) in [5.41, 5.74) is 0.431. The van der Waals surface area contributed by atoms with Gasteiger partial charge in [-0.25, -0.2) is 8.78 Å². The van der Waals surface area contributed by atoms with Crippen molar-refractivity contribution in [3.05, 3.63) is 51.8 Å². The van der Waals surface area contributed by atoms with Crippen LogP contribution in [0.5, 0.6) is 0 Å². The molecule has 0 fully saturated rings. The van der Waals surface area contributed by atoms with Crippen molar-refractivity contribution in [3.8, 4) is 0 Å². The molecular weight excluding hydrogens is 508 g/mol. The zero-order chi connectivity index (χ0) is 27.3. The molecule has 200 valence electrons. The zero-order valence-corrected chi connectivity index (χ0v) is 21.5. The molecule has 8 nitrogen and oxygen atoms in total. The third kappa shape index (κ3) is 6.74. The Balaban J connectivity index is 1.73. The number of benzene rings is 1. The second-order valence-electron chi connectivity index (χ2n) is 9.36. The normalized spacial score (nSPS) is 14.1. The minimum absolute atomic E-state index is 0.0154. The van der Waals surface area contributed by atoms with Crippen molar-refractivity contribution >= 4 is 40.9 Å². The van der Waals surface area contributed by atoms with Crippen molar-refractivity contribution in [2.24, 2.45) is 5.92 Å². The average Bonchev–Trinajstić information content (AvgIpc) is 3.38. The van der Waals surface area contributed by atoms with Gasteiger partial charge >= 0.3 is 5.97 Å². The van der Waals surface area contributed by atoms with E-state index < -0.39 is 35.2 Å². The Kier molecular flexibility index (Phi) is 9.42. The second-order valence-corrected chi connectivity index (χ2v) is 9.73. The Hall–Kier alpha value is -3.27. The highest BCUT2D eigenvalue weighted by molar-refractivity contribution is 6.48. The standard InChI is InChI=1S/C26H30ClF2N3O5/c1-3-5-15(12-20(33)34)8-7-14(2)30-26(37)24(35)23-22(27)21(19-6-4-11-32(19)23)25(36)31-16-9-10-17(28)18(29)13-16/h9-10,13-15H,3-8,11-12H2,1-2H3,(H,30,37)(H,31,36)(H,33,34)/t14-,15?/m1/s1. The topological polar surface area (TPSA) is 117 Å². The molecule has 0 saturated heterocycles. The van der Waals surface area contributed by atoms with Gasteiger partial charge in [0.15, 0.2) is 11.6 Å². The molecular formula is C26H30ClF2N3O5. The highest BCUT2D eigenvalue weighted by atomic mass is 35.5. The highest BCUT2D eigenvalue weighted by Gasteiger charge is 2.34. The molecule has 1 aromatic heterocycles. The highest BCUT2D eigenvalue weighted by Crippen LogP contribution is 2.34. The van der Waals surface area contributed by atoms with Crippen molar-refractivity contribution in [3.63, 3.8) is 0 Å². The number of nitrogens with one attached hydrogen (secondary N) is 2. The van der Waals surface area contributed by atoms with E-state index in [9.17, 15) is 28.0 Å². The smallest absolute Gasteiger partial charge is 0.303 e. The summed E-state index contributed by atoms with van der Waals surface area (Å²) in [6.45, 7) is 4.11. The molecule has 0 saturated carbocycles. The number of halogens is 3. The fourth-order valence-electron chi connectivity index (χ4n) is 4.72. The van der Waals surface area contributed by atoms with Gasteiger partial charge in [-0.3, -0.25) is 19.2 Å². The van der Waals surface area contributed by atoms with E-state index in [4.69, 9.17) is 16.7 Å². The summed E-state index contributed by atoms with van der Waals surface area (Å²) < 4.78 is 28.3. The number of anilines is 1. The van der Waals surface area contributed by atoms with Gasteiger partial charge in [0.2, 0.25) is 0 Å². The van der Waals surface area contributed by atoms with Gasteiger partial charge in [0, 0.05) is 36.5 Å². The molecule has 2 atom stereocenters. The zero-order valence-electron chi connectivity index (χ0n) is 20.7. The first kappa shape index (κ1) is 28.3. The number of hydrogen-bond donors (Lipinski definition) is 3.